The van der Waals surface area contributed by atoms with Crippen molar-refractivity contribution in [1.29, 1.82) is 0 Å². The molecule has 5 heteroatoms. The lowest BCUT2D eigenvalue weighted by Crippen LogP contribution is -2.24. The van der Waals surface area contributed by atoms with E-state index in [1.54, 1.807) is 0 Å². The van der Waals surface area contributed by atoms with Crippen LogP contribution >= 0.6 is 0 Å². The first kappa shape index (κ1) is 16.2. The molecule has 0 aliphatic heterocycles. The van der Waals surface area contributed by atoms with E-state index in [0.29, 0.717) is 13.0 Å². The fourth-order valence-electron chi connectivity index (χ4n) is 1.94. The molecule has 110 valence electrons. The third kappa shape index (κ3) is 5.84. The Kier molecular flexibility index (Phi) is 6.73. The van der Waals surface area contributed by atoms with Gasteiger partial charge in [0.25, 0.3) is 0 Å². The second kappa shape index (κ2) is 8.32. The monoisotopic (exact) mass is 280 g/mol. The molecule has 2 N–H and O–H groups in total. The second-order valence-electron chi connectivity index (χ2n) is 4.70. The van der Waals surface area contributed by atoms with Crippen LogP contribution in [0.1, 0.15) is 31.7 Å². The molecule has 0 spiro atoms. The van der Waals surface area contributed by atoms with E-state index in [-0.39, 0.29) is 18.9 Å². The van der Waals surface area contributed by atoms with E-state index >= 15 is 0 Å². The lowest BCUT2D eigenvalue weighted by Gasteiger charge is -2.19. The van der Waals surface area contributed by atoms with Crippen LogP contribution in [0.4, 0.5) is 0 Å². The Bertz CT molecular complexity index is 429. The number of hydrogen-bond donors (Lipinski definition) is 2. The summed E-state index contributed by atoms with van der Waals surface area (Å²) < 4.78 is 5.68. The van der Waals surface area contributed by atoms with E-state index in [1.165, 1.54) is 0 Å². The van der Waals surface area contributed by atoms with Gasteiger partial charge >= 0.3 is 11.9 Å². The van der Waals surface area contributed by atoms with Crippen molar-refractivity contribution in [2.75, 3.05) is 0 Å². The van der Waals surface area contributed by atoms with Crippen LogP contribution in [0.2, 0.25) is 0 Å². The summed E-state index contributed by atoms with van der Waals surface area (Å²) in [5.41, 5.74) is 1.01. The second-order valence-corrected chi connectivity index (χ2v) is 4.70. The molecule has 0 saturated heterocycles. The summed E-state index contributed by atoms with van der Waals surface area (Å²) in [6, 6.07) is 9.58. The standard InChI is InChI=1S/C15H20O5/c1-2-13(8-12(15(18)19)9-14(16)17)20-10-11-6-4-3-5-7-11/h3-7,12-13H,2,8-10H2,1H3,(H,16,17)(H,18,19)/t12-,13?/m1/s1. The highest BCUT2D eigenvalue weighted by molar-refractivity contribution is 5.77. The van der Waals surface area contributed by atoms with E-state index < -0.39 is 17.9 Å². The minimum absolute atomic E-state index is 0.213. The van der Waals surface area contributed by atoms with Crippen molar-refractivity contribution in [3.05, 3.63) is 35.9 Å². The fourth-order valence-corrected chi connectivity index (χ4v) is 1.94. The van der Waals surface area contributed by atoms with Gasteiger partial charge < -0.3 is 14.9 Å². The van der Waals surface area contributed by atoms with Gasteiger partial charge in [0.1, 0.15) is 0 Å². The van der Waals surface area contributed by atoms with Gasteiger partial charge in [0.15, 0.2) is 0 Å². The first-order chi connectivity index (χ1) is 9.52. The Hall–Kier alpha value is -1.88. The summed E-state index contributed by atoms with van der Waals surface area (Å²) in [7, 11) is 0. The average molecular weight is 280 g/mol. The van der Waals surface area contributed by atoms with Crippen molar-refractivity contribution in [1.82, 2.24) is 0 Å². The van der Waals surface area contributed by atoms with Crippen molar-refractivity contribution in [2.24, 2.45) is 5.92 Å². The smallest absolute Gasteiger partial charge is 0.307 e. The number of rotatable bonds is 9. The van der Waals surface area contributed by atoms with Gasteiger partial charge in [0.2, 0.25) is 0 Å². The number of aliphatic carboxylic acids is 2. The number of carboxylic acids is 2. The number of ether oxygens (including phenoxy) is 1. The predicted octanol–water partition coefficient (Wildman–Crippen LogP) is 2.55. The summed E-state index contributed by atoms with van der Waals surface area (Å²) in [4.78, 5) is 21.7. The van der Waals surface area contributed by atoms with Crippen molar-refractivity contribution in [2.45, 2.75) is 38.9 Å². The van der Waals surface area contributed by atoms with Crippen molar-refractivity contribution >= 4 is 11.9 Å². The minimum Gasteiger partial charge on any atom is -0.481 e. The van der Waals surface area contributed by atoms with Crippen molar-refractivity contribution < 1.29 is 24.5 Å². The lowest BCUT2D eigenvalue weighted by atomic mass is 9.97. The third-order valence-electron chi connectivity index (χ3n) is 3.10. The van der Waals surface area contributed by atoms with Crippen LogP contribution in [0.25, 0.3) is 0 Å². The third-order valence-corrected chi connectivity index (χ3v) is 3.10. The predicted molar refractivity (Wildman–Crippen MR) is 73.3 cm³/mol. The van der Waals surface area contributed by atoms with Crippen LogP contribution in [-0.4, -0.2) is 28.3 Å². The summed E-state index contributed by atoms with van der Waals surface area (Å²) in [6.45, 7) is 2.30. The molecule has 0 radical (unpaired) electrons. The lowest BCUT2D eigenvalue weighted by molar-refractivity contribution is -0.149. The summed E-state index contributed by atoms with van der Waals surface area (Å²) in [5.74, 6) is -3.10. The highest BCUT2D eigenvalue weighted by Gasteiger charge is 2.24. The number of benzene rings is 1. The molecule has 5 nitrogen and oxygen atoms in total. The number of carbonyl (C=O) groups is 2. The molecule has 2 atom stereocenters. The highest BCUT2D eigenvalue weighted by atomic mass is 16.5. The zero-order valence-electron chi connectivity index (χ0n) is 11.5. The Morgan fingerprint density at radius 1 is 1.20 bits per heavy atom. The summed E-state index contributed by atoms with van der Waals surface area (Å²) in [5, 5.41) is 17.8. The summed E-state index contributed by atoms with van der Waals surface area (Å²) in [6.07, 6.45) is 0.234. The maximum atomic E-state index is 11.0. The van der Waals surface area contributed by atoms with Gasteiger partial charge in [-0.1, -0.05) is 37.3 Å². The molecular formula is C15H20O5. The van der Waals surface area contributed by atoms with Crippen LogP contribution < -0.4 is 0 Å². The van der Waals surface area contributed by atoms with Gasteiger partial charge in [0, 0.05) is 0 Å². The maximum Gasteiger partial charge on any atom is 0.307 e. The zero-order valence-corrected chi connectivity index (χ0v) is 11.5. The Balaban J connectivity index is 2.52. The highest BCUT2D eigenvalue weighted by Crippen LogP contribution is 2.18. The number of carboxylic acid groups (broad SMARTS) is 2. The number of hydrogen-bond acceptors (Lipinski definition) is 3. The molecule has 20 heavy (non-hydrogen) atoms. The Labute approximate surface area is 118 Å². The molecule has 0 saturated carbocycles. The minimum atomic E-state index is -1.10. The van der Waals surface area contributed by atoms with Gasteiger partial charge in [-0.2, -0.15) is 0 Å². The molecule has 0 aliphatic carbocycles. The topological polar surface area (TPSA) is 83.8 Å². The van der Waals surface area contributed by atoms with Crippen LogP contribution in [-0.2, 0) is 20.9 Å². The average Bonchev–Trinajstić information content (AvgIpc) is 2.42. The quantitative estimate of drug-likeness (QED) is 0.726. The van der Waals surface area contributed by atoms with Crippen molar-refractivity contribution in [3.8, 4) is 0 Å². The molecule has 0 heterocycles. The van der Waals surface area contributed by atoms with Gasteiger partial charge in [-0.25, -0.2) is 0 Å². The van der Waals surface area contributed by atoms with E-state index in [2.05, 4.69) is 0 Å². The Morgan fingerprint density at radius 3 is 2.35 bits per heavy atom. The van der Waals surface area contributed by atoms with Gasteiger partial charge in [-0.3, -0.25) is 9.59 Å². The zero-order chi connectivity index (χ0) is 15.0. The van der Waals surface area contributed by atoms with E-state index in [0.717, 1.165) is 5.56 Å². The molecule has 0 amide bonds. The molecule has 0 bridgehead atoms. The van der Waals surface area contributed by atoms with Gasteiger partial charge in [0.05, 0.1) is 25.0 Å². The molecule has 0 aromatic heterocycles. The first-order valence-electron chi connectivity index (χ1n) is 6.63. The molecule has 1 rings (SSSR count). The van der Waals surface area contributed by atoms with Crippen LogP contribution in [0.5, 0.6) is 0 Å². The molecule has 1 aromatic rings. The van der Waals surface area contributed by atoms with E-state index in [9.17, 15) is 9.59 Å². The largest absolute Gasteiger partial charge is 0.481 e. The van der Waals surface area contributed by atoms with E-state index in [4.69, 9.17) is 14.9 Å². The molecule has 1 unspecified atom stereocenters. The molecule has 1 aromatic carbocycles. The fraction of sp³-hybridized carbons (Fsp3) is 0.467. The maximum absolute atomic E-state index is 11.0. The first-order valence-corrected chi connectivity index (χ1v) is 6.63. The van der Waals surface area contributed by atoms with Gasteiger partial charge in [-0.15, -0.1) is 0 Å². The normalized spacial score (nSPS) is 13.7. The van der Waals surface area contributed by atoms with Crippen LogP contribution in [0, 0.1) is 5.92 Å². The van der Waals surface area contributed by atoms with Crippen molar-refractivity contribution in [3.63, 3.8) is 0 Å². The van der Waals surface area contributed by atoms with Crippen LogP contribution in [0.15, 0.2) is 30.3 Å². The SMILES string of the molecule is CCC(C[C@H](CC(=O)O)C(=O)O)OCc1ccccc1. The van der Waals surface area contributed by atoms with E-state index in [1.807, 2.05) is 37.3 Å². The summed E-state index contributed by atoms with van der Waals surface area (Å²) >= 11 is 0. The molecule has 0 aliphatic rings. The molecule has 0 fully saturated rings. The Morgan fingerprint density at radius 2 is 1.85 bits per heavy atom. The van der Waals surface area contributed by atoms with Gasteiger partial charge in [-0.05, 0) is 18.4 Å². The molecular weight excluding hydrogens is 260 g/mol. The van der Waals surface area contributed by atoms with Crippen LogP contribution in [0.3, 0.4) is 0 Å².